The molecule has 0 N–H and O–H groups in total. The number of ether oxygens (including phenoxy) is 1. The minimum atomic E-state index is -0.0336. The Morgan fingerprint density at radius 3 is 2.50 bits per heavy atom. The number of benzene rings is 2. The number of halogens is 1. The van der Waals surface area contributed by atoms with Crippen LogP contribution in [0.1, 0.15) is 21.5 Å². The summed E-state index contributed by atoms with van der Waals surface area (Å²) in [6, 6.07) is 12.4. The third-order valence-corrected chi connectivity index (χ3v) is 3.18. The van der Waals surface area contributed by atoms with Crippen LogP contribution >= 0.6 is 11.6 Å². The fourth-order valence-corrected chi connectivity index (χ4v) is 1.83. The van der Waals surface area contributed by atoms with E-state index in [1.807, 2.05) is 13.0 Å². The van der Waals surface area contributed by atoms with Crippen molar-refractivity contribution in [2.75, 3.05) is 7.11 Å². The Morgan fingerprint density at radius 1 is 1.11 bits per heavy atom. The highest BCUT2D eigenvalue weighted by molar-refractivity contribution is 6.31. The zero-order valence-corrected chi connectivity index (χ0v) is 11.0. The van der Waals surface area contributed by atoms with Crippen molar-refractivity contribution in [1.82, 2.24) is 0 Å². The highest BCUT2D eigenvalue weighted by Crippen LogP contribution is 2.20. The minimum absolute atomic E-state index is 0.0336. The zero-order valence-electron chi connectivity index (χ0n) is 10.2. The molecule has 2 nitrogen and oxygen atoms in total. The lowest BCUT2D eigenvalue weighted by molar-refractivity contribution is 0.103. The van der Waals surface area contributed by atoms with Gasteiger partial charge in [-0.3, -0.25) is 4.79 Å². The van der Waals surface area contributed by atoms with Gasteiger partial charge in [0.15, 0.2) is 5.78 Å². The van der Waals surface area contributed by atoms with Crippen molar-refractivity contribution >= 4 is 17.4 Å². The lowest BCUT2D eigenvalue weighted by atomic mass is 10.0. The molecule has 0 fully saturated rings. The normalized spacial score (nSPS) is 10.2. The van der Waals surface area contributed by atoms with Crippen molar-refractivity contribution < 1.29 is 9.53 Å². The number of methoxy groups -OCH3 is 1. The first-order chi connectivity index (χ1) is 8.61. The van der Waals surface area contributed by atoms with Crippen LogP contribution in [0.25, 0.3) is 0 Å². The van der Waals surface area contributed by atoms with E-state index in [2.05, 4.69) is 0 Å². The van der Waals surface area contributed by atoms with Gasteiger partial charge in [0.1, 0.15) is 5.75 Å². The molecule has 0 unspecified atom stereocenters. The van der Waals surface area contributed by atoms with Crippen molar-refractivity contribution in [3.8, 4) is 5.75 Å². The van der Waals surface area contributed by atoms with Crippen LogP contribution in [0.3, 0.4) is 0 Å². The molecular formula is C15H13ClO2. The van der Waals surface area contributed by atoms with Gasteiger partial charge in [0, 0.05) is 16.1 Å². The first-order valence-electron chi connectivity index (χ1n) is 5.56. The van der Waals surface area contributed by atoms with Crippen LogP contribution in [0, 0.1) is 6.92 Å². The molecule has 2 rings (SSSR count). The van der Waals surface area contributed by atoms with E-state index in [0.29, 0.717) is 21.9 Å². The quantitative estimate of drug-likeness (QED) is 0.783. The molecule has 0 aliphatic carbocycles. The van der Waals surface area contributed by atoms with Gasteiger partial charge in [0.2, 0.25) is 0 Å². The second-order valence-corrected chi connectivity index (χ2v) is 4.43. The summed E-state index contributed by atoms with van der Waals surface area (Å²) < 4.78 is 5.11. The van der Waals surface area contributed by atoms with Crippen LogP contribution in [0.15, 0.2) is 42.5 Å². The predicted molar refractivity (Wildman–Crippen MR) is 72.6 cm³/mol. The number of carbonyl (C=O) groups excluding carboxylic acids is 1. The van der Waals surface area contributed by atoms with Gasteiger partial charge in [-0.25, -0.2) is 0 Å². The fourth-order valence-electron chi connectivity index (χ4n) is 1.72. The van der Waals surface area contributed by atoms with Crippen molar-refractivity contribution in [1.29, 1.82) is 0 Å². The molecule has 92 valence electrons. The smallest absolute Gasteiger partial charge is 0.193 e. The molecule has 0 radical (unpaired) electrons. The van der Waals surface area contributed by atoms with Gasteiger partial charge in [0.25, 0.3) is 0 Å². The molecule has 18 heavy (non-hydrogen) atoms. The molecular weight excluding hydrogens is 248 g/mol. The lowest BCUT2D eigenvalue weighted by Crippen LogP contribution is -2.02. The average molecular weight is 261 g/mol. The number of carbonyl (C=O) groups is 1. The largest absolute Gasteiger partial charge is 0.497 e. The van der Waals surface area contributed by atoms with Crippen molar-refractivity contribution in [3.05, 3.63) is 64.2 Å². The summed E-state index contributed by atoms with van der Waals surface area (Å²) in [5.41, 5.74) is 2.13. The van der Waals surface area contributed by atoms with E-state index in [1.165, 1.54) is 0 Å². The van der Waals surface area contributed by atoms with E-state index in [9.17, 15) is 4.79 Å². The number of hydrogen-bond acceptors (Lipinski definition) is 2. The molecule has 0 heterocycles. The van der Waals surface area contributed by atoms with E-state index in [1.54, 1.807) is 43.5 Å². The molecule has 0 aliphatic heterocycles. The summed E-state index contributed by atoms with van der Waals surface area (Å²) in [6.07, 6.45) is 0. The van der Waals surface area contributed by atoms with Crippen molar-refractivity contribution in [2.45, 2.75) is 6.92 Å². The van der Waals surface area contributed by atoms with Crippen LogP contribution in [0.5, 0.6) is 5.75 Å². The van der Waals surface area contributed by atoms with Gasteiger partial charge in [-0.2, -0.15) is 0 Å². The average Bonchev–Trinajstić information content (AvgIpc) is 2.41. The van der Waals surface area contributed by atoms with Gasteiger partial charge in [0.05, 0.1) is 7.11 Å². The predicted octanol–water partition coefficient (Wildman–Crippen LogP) is 3.89. The highest BCUT2D eigenvalue weighted by atomic mass is 35.5. The first-order valence-corrected chi connectivity index (χ1v) is 5.94. The molecule has 0 bridgehead atoms. The van der Waals surface area contributed by atoms with Crippen LogP contribution in [-0.4, -0.2) is 12.9 Å². The molecule has 0 aliphatic rings. The maximum absolute atomic E-state index is 12.3. The third-order valence-electron chi connectivity index (χ3n) is 2.75. The van der Waals surface area contributed by atoms with Crippen LogP contribution in [0.4, 0.5) is 0 Å². The molecule has 3 heteroatoms. The topological polar surface area (TPSA) is 26.3 Å². The maximum Gasteiger partial charge on any atom is 0.193 e. The monoisotopic (exact) mass is 260 g/mol. The Labute approximate surface area is 111 Å². The molecule has 0 aromatic heterocycles. The first kappa shape index (κ1) is 12.7. The molecule has 2 aromatic carbocycles. The number of hydrogen-bond donors (Lipinski definition) is 0. The molecule has 2 aromatic rings. The van der Waals surface area contributed by atoms with E-state index in [4.69, 9.17) is 16.3 Å². The summed E-state index contributed by atoms with van der Waals surface area (Å²) in [5, 5.41) is 0.664. The van der Waals surface area contributed by atoms with E-state index in [-0.39, 0.29) is 5.78 Å². The SMILES string of the molecule is COc1cccc(C(=O)c2ccc(Cl)c(C)c2)c1. The molecule has 0 saturated heterocycles. The molecule has 0 atom stereocenters. The third kappa shape index (κ3) is 2.54. The Hall–Kier alpha value is -1.80. The van der Waals surface area contributed by atoms with Crippen LogP contribution in [-0.2, 0) is 0 Å². The van der Waals surface area contributed by atoms with Gasteiger partial charge < -0.3 is 4.74 Å². The van der Waals surface area contributed by atoms with Crippen LogP contribution in [0.2, 0.25) is 5.02 Å². The Bertz CT molecular complexity index is 591. The summed E-state index contributed by atoms with van der Waals surface area (Å²) in [7, 11) is 1.58. The Morgan fingerprint density at radius 2 is 1.83 bits per heavy atom. The van der Waals surface area contributed by atoms with Crippen molar-refractivity contribution in [2.24, 2.45) is 0 Å². The van der Waals surface area contributed by atoms with E-state index >= 15 is 0 Å². The Kier molecular flexibility index (Phi) is 3.68. The molecule has 0 amide bonds. The summed E-state index contributed by atoms with van der Waals surface area (Å²) in [6.45, 7) is 1.88. The highest BCUT2D eigenvalue weighted by Gasteiger charge is 2.10. The van der Waals surface area contributed by atoms with Gasteiger partial charge in [-0.05, 0) is 42.8 Å². The summed E-state index contributed by atoms with van der Waals surface area (Å²) in [5.74, 6) is 0.639. The standard InChI is InChI=1S/C15H13ClO2/c1-10-8-12(6-7-14(10)16)15(17)11-4-3-5-13(9-11)18-2/h3-9H,1-2H3. The molecule has 0 spiro atoms. The Balaban J connectivity index is 2.38. The maximum atomic E-state index is 12.3. The van der Waals surface area contributed by atoms with Crippen molar-refractivity contribution in [3.63, 3.8) is 0 Å². The zero-order chi connectivity index (χ0) is 13.1. The number of ketones is 1. The van der Waals surface area contributed by atoms with Gasteiger partial charge in [-0.1, -0.05) is 23.7 Å². The second kappa shape index (κ2) is 5.23. The summed E-state index contributed by atoms with van der Waals surface area (Å²) in [4.78, 5) is 12.3. The second-order valence-electron chi connectivity index (χ2n) is 4.03. The van der Waals surface area contributed by atoms with E-state index < -0.39 is 0 Å². The molecule has 0 saturated carbocycles. The minimum Gasteiger partial charge on any atom is -0.497 e. The lowest BCUT2D eigenvalue weighted by Gasteiger charge is -2.05. The summed E-state index contributed by atoms with van der Waals surface area (Å²) >= 11 is 5.95. The van der Waals surface area contributed by atoms with Gasteiger partial charge >= 0.3 is 0 Å². The van der Waals surface area contributed by atoms with Crippen LogP contribution < -0.4 is 4.74 Å². The number of rotatable bonds is 3. The fraction of sp³-hybridized carbons (Fsp3) is 0.133. The van der Waals surface area contributed by atoms with Gasteiger partial charge in [-0.15, -0.1) is 0 Å². The number of aryl methyl sites for hydroxylation is 1. The van der Waals surface area contributed by atoms with E-state index in [0.717, 1.165) is 5.56 Å².